The van der Waals surface area contributed by atoms with Crippen molar-refractivity contribution in [1.82, 2.24) is 14.8 Å². The number of hydrogen-bond donors (Lipinski definition) is 0. The van der Waals surface area contributed by atoms with Gasteiger partial charge in [-0.25, -0.2) is 4.57 Å². The van der Waals surface area contributed by atoms with Crippen LogP contribution < -0.4 is 4.57 Å². The first-order valence-electron chi connectivity index (χ1n) is 4.26. The zero-order valence-corrected chi connectivity index (χ0v) is 8.37. The van der Waals surface area contributed by atoms with Crippen LogP contribution in [-0.4, -0.2) is 14.8 Å². The van der Waals surface area contributed by atoms with Crippen LogP contribution in [0.3, 0.4) is 0 Å². The highest BCUT2D eigenvalue weighted by Crippen LogP contribution is 2.12. The van der Waals surface area contributed by atoms with Crippen LogP contribution in [0.25, 0.3) is 11.2 Å². The van der Waals surface area contributed by atoms with Gasteiger partial charge in [-0.3, -0.25) is 4.57 Å². The van der Waals surface area contributed by atoms with Crippen molar-refractivity contribution in [2.75, 3.05) is 0 Å². The van der Waals surface area contributed by atoms with Crippen molar-refractivity contribution in [2.24, 2.45) is 14.1 Å². The fourth-order valence-electron chi connectivity index (χ4n) is 1.62. The molecule has 0 amide bonds. The summed E-state index contributed by atoms with van der Waals surface area (Å²) in [4.78, 5) is 0. The Hall–Kier alpha value is -1.45. The van der Waals surface area contributed by atoms with Crippen LogP contribution in [0.1, 0.15) is 11.4 Å². The summed E-state index contributed by atoms with van der Waals surface area (Å²) < 4.78 is 4.13. The van der Waals surface area contributed by atoms with E-state index in [-0.39, 0.29) is 0 Å². The van der Waals surface area contributed by atoms with Crippen molar-refractivity contribution < 1.29 is 4.57 Å². The van der Waals surface area contributed by atoms with Crippen LogP contribution in [0.15, 0.2) is 6.20 Å². The van der Waals surface area contributed by atoms with Crippen LogP contribution in [-0.2, 0) is 14.1 Å². The molecule has 0 saturated carbocycles. The first kappa shape index (κ1) is 8.16. The van der Waals surface area contributed by atoms with E-state index in [0.717, 1.165) is 17.0 Å². The van der Waals surface area contributed by atoms with E-state index in [1.165, 1.54) is 5.56 Å². The van der Waals surface area contributed by atoms with Crippen LogP contribution >= 0.6 is 0 Å². The monoisotopic (exact) mass is 177 g/mol. The van der Waals surface area contributed by atoms with Crippen molar-refractivity contribution in [3.8, 4) is 0 Å². The van der Waals surface area contributed by atoms with Crippen molar-refractivity contribution in [3.63, 3.8) is 0 Å². The lowest BCUT2D eigenvalue weighted by Crippen LogP contribution is -2.36. The van der Waals surface area contributed by atoms with E-state index in [0.29, 0.717) is 0 Å². The second kappa shape index (κ2) is 2.52. The Morgan fingerprint density at radius 2 is 2.00 bits per heavy atom. The summed E-state index contributed by atoms with van der Waals surface area (Å²) in [6.45, 7) is 4.00. The van der Waals surface area contributed by atoms with Gasteiger partial charge < -0.3 is 0 Å². The largest absolute Gasteiger partial charge is 0.267 e. The molecule has 4 nitrogen and oxygen atoms in total. The molecule has 2 aromatic heterocycles. The maximum absolute atomic E-state index is 4.17. The maximum Gasteiger partial charge on any atom is 0.261 e. The highest BCUT2D eigenvalue weighted by molar-refractivity contribution is 5.71. The first-order chi connectivity index (χ1) is 6.11. The second-order valence-electron chi connectivity index (χ2n) is 3.40. The molecule has 0 aliphatic heterocycles. The van der Waals surface area contributed by atoms with Gasteiger partial charge in [0.05, 0.1) is 20.3 Å². The summed E-state index contributed by atoms with van der Waals surface area (Å²) in [5.74, 6) is 0.925. The minimum Gasteiger partial charge on any atom is -0.267 e. The van der Waals surface area contributed by atoms with E-state index < -0.39 is 0 Å². The number of rotatable bonds is 0. The summed E-state index contributed by atoms with van der Waals surface area (Å²) in [6, 6.07) is 0. The van der Waals surface area contributed by atoms with Crippen molar-refractivity contribution in [2.45, 2.75) is 13.8 Å². The van der Waals surface area contributed by atoms with Gasteiger partial charge in [0.2, 0.25) is 0 Å². The van der Waals surface area contributed by atoms with E-state index in [4.69, 9.17) is 0 Å². The van der Waals surface area contributed by atoms with Crippen LogP contribution in [0.5, 0.6) is 0 Å². The van der Waals surface area contributed by atoms with E-state index >= 15 is 0 Å². The van der Waals surface area contributed by atoms with Gasteiger partial charge in [0.25, 0.3) is 11.5 Å². The predicted molar refractivity (Wildman–Crippen MR) is 49.2 cm³/mol. The van der Waals surface area contributed by atoms with Crippen molar-refractivity contribution in [3.05, 3.63) is 17.6 Å². The smallest absolute Gasteiger partial charge is 0.261 e. The first-order valence-corrected chi connectivity index (χ1v) is 4.26. The average molecular weight is 177 g/mol. The second-order valence-corrected chi connectivity index (χ2v) is 3.40. The van der Waals surface area contributed by atoms with Crippen molar-refractivity contribution >= 4 is 11.2 Å². The van der Waals surface area contributed by atoms with Gasteiger partial charge in [-0.2, -0.15) is 0 Å². The van der Waals surface area contributed by atoms with Gasteiger partial charge in [0.15, 0.2) is 5.52 Å². The van der Waals surface area contributed by atoms with Crippen LogP contribution in [0.4, 0.5) is 0 Å². The lowest BCUT2D eigenvalue weighted by molar-refractivity contribution is -0.657. The molecule has 0 bridgehead atoms. The Bertz CT molecular complexity index is 470. The summed E-state index contributed by atoms with van der Waals surface area (Å²) >= 11 is 0. The molecule has 2 rings (SSSR count). The number of fused-ring (bicyclic) bond motifs is 1. The molecule has 0 saturated heterocycles. The Kier molecular flexibility index (Phi) is 1.58. The Labute approximate surface area is 76.8 Å². The maximum atomic E-state index is 4.17. The molecular formula is C9H13N4+. The Morgan fingerprint density at radius 3 is 2.69 bits per heavy atom. The highest BCUT2D eigenvalue weighted by Gasteiger charge is 2.15. The Morgan fingerprint density at radius 1 is 1.31 bits per heavy atom. The molecule has 0 fully saturated rings. The molecule has 2 heterocycles. The molecule has 0 aliphatic carbocycles. The third kappa shape index (κ3) is 1.02. The summed E-state index contributed by atoms with van der Waals surface area (Å²) in [7, 11) is 4.03. The van der Waals surface area contributed by atoms with Gasteiger partial charge in [-0.05, 0) is 6.92 Å². The molecule has 0 aliphatic rings. The third-order valence-electron chi connectivity index (χ3n) is 2.40. The molecule has 68 valence electrons. The molecular weight excluding hydrogens is 164 g/mol. The summed E-state index contributed by atoms with van der Waals surface area (Å²) in [6.07, 6.45) is 2.07. The van der Waals surface area contributed by atoms with E-state index in [1.54, 1.807) is 0 Å². The predicted octanol–water partition coefficient (Wildman–Crippen LogP) is 0.410. The SMILES string of the molecule is Cc1cn(C)c2c1nnc(C)[n+]2C. The molecule has 0 atom stereocenters. The van der Waals surface area contributed by atoms with Crippen LogP contribution in [0.2, 0.25) is 0 Å². The number of hydrogen-bond acceptors (Lipinski definition) is 2. The molecule has 13 heavy (non-hydrogen) atoms. The minimum absolute atomic E-state index is 0.925. The molecule has 0 aromatic carbocycles. The molecule has 0 N–H and O–H groups in total. The van der Waals surface area contributed by atoms with Gasteiger partial charge in [0, 0.05) is 17.6 Å². The molecule has 2 aromatic rings. The van der Waals surface area contributed by atoms with Crippen LogP contribution in [0, 0.1) is 13.8 Å². The number of aryl methyl sites for hydroxylation is 4. The lowest BCUT2D eigenvalue weighted by Gasteiger charge is -1.97. The Balaban J connectivity index is 2.98. The normalized spacial score (nSPS) is 11.1. The zero-order valence-electron chi connectivity index (χ0n) is 8.37. The number of aromatic nitrogens is 4. The summed E-state index contributed by atoms with van der Waals surface area (Å²) in [5.41, 5.74) is 3.27. The number of nitrogens with zero attached hydrogens (tertiary/aromatic N) is 4. The van der Waals surface area contributed by atoms with E-state index in [2.05, 4.69) is 25.5 Å². The highest BCUT2D eigenvalue weighted by atomic mass is 15.2. The standard InChI is InChI=1S/C9H13N4/c1-6-5-12(3)9-8(6)11-10-7(2)13(9)4/h5H,1-4H3/q+1. The van der Waals surface area contributed by atoms with Gasteiger partial charge in [0.1, 0.15) is 0 Å². The summed E-state index contributed by atoms with van der Waals surface area (Å²) in [5, 5.41) is 8.25. The van der Waals surface area contributed by atoms with Gasteiger partial charge >= 0.3 is 0 Å². The zero-order chi connectivity index (χ0) is 9.59. The minimum atomic E-state index is 0.925. The molecule has 0 radical (unpaired) electrons. The quantitative estimate of drug-likeness (QED) is 0.546. The molecule has 4 heteroatoms. The van der Waals surface area contributed by atoms with Crippen molar-refractivity contribution in [1.29, 1.82) is 0 Å². The molecule has 0 unspecified atom stereocenters. The fraction of sp³-hybridized carbons (Fsp3) is 0.444. The van der Waals surface area contributed by atoms with E-state index in [1.807, 2.05) is 27.9 Å². The molecule has 0 spiro atoms. The lowest BCUT2D eigenvalue weighted by atomic mass is 10.3. The van der Waals surface area contributed by atoms with Gasteiger partial charge in [-0.1, -0.05) is 5.10 Å². The van der Waals surface area contributed by atoms with E-state index in [9.17, 15) is 0 Å². The third-order valence-corrected chi connectivity index (χ3v) is 2.40. The topological polar surface area (TPSA) is 34.6 Å². The van der Waals surface area contributed by atoms with Gasteiger partial charge in [-0.15, -0.1) is 0 Å². The fourth-order valence-corrected chi connectivity index (χ4v) is 1.62. The average Bonchev–Trinajstić information content (AvgIpc) is 2.35.